The number of benzene rings is 1. The molecule has 0 amide bonds. The maximum absolute atomic E-state index is 11.6. The lowest BCUT2D eigenvalue weighted by Crippen LogP contribution is -2.03. The van der Waals surface area contributed by atoms with E-state index in [1.54, 1.807) is 47.0 Å². The third kappa shape index (κ3) is 1.97. The van der Waals surface area contributed by atoms with Crippen LogP contribution < -0.4 is 0 Å². The molecule has 0 unspecified atom stereocenters. The first-order valence-corrected chi connectivity index (χ1v) is 5.91. The van der Waals surface area contributed by atoms with Crippen LogP contribution in [0.5, 0.6) is 5.75 Å². The van der Waals surface area contributed by atoms with Crippen LogP contribution in [0.3, 0.4) is 0 Å². The monoisotopic (exact) mass is 269 g/mol. The topological polar surface area (TPSA) is 76.7 Å². The molecule has 1 aromatic carbocycles. The minimum Gasteiger partial charge on any atom is -0.508 e. The van der Waals surface area contributed by atoms with E-state index in [0.29, 0.717) is 22.6 Å². The van der Waals surface area contributed by atoms with Gasteiger partial charge < -0.3 is 9.84 Å². The summed E-state index contributed by atoms with van der Waals surface area (Å²) in [7, 11) is 1.33. The van der Waals surface area contributed by atoms with Crippen molar-refractivity contribution in [2.45, 2.75) is 0 Å². The van der Waals surface area contributed by atoms with Crippen molar-refractivity contribution in [3.05, 3.63) is 48.2 Å². The van der Waals surface area contributed by atoms with Gasteiger partial charge in [0.25, 0.3) is 0 Å². The number of pyridine rings is 1. The summed E-state index contributed by atoms with van der Waals surface area (Å²) in [5.41, 5.74) is 1.72. The molecule has 0 saturated carbocycles. The van der Waals surface area contributed by atoms with Crippen LogP contribution in [-0.4, -0.2) is 32.8 Å². The average Bonchev–Trinajstić information content (AvgIpc) is 2.89. The number of aromatic hydroxyl groups is 1. The van der Waals surface area contributed by atoms with Gasteiger partial charge >= 0.3 is 5.97 Å². The molecule has 0 aliphatic rings. The largest absolute Gasteiger partial charge is 0.508 e. The molecule has 100 valence electrons. The maximum atomic E-state index is 11.6. The molecule has 0 fully saturated rings. The van der Waals surface area contributed by atoms with Crippen LogP contribution in [0.25, 0.3) is 17.0 Å². The predicted octanol–water partition coefficient (Wildman–Crippen LogP) is 1.89. The molecule has 3 aromatic rings. The Morgan fingerprint density at radius 3 is 2.85 bits per heavy atom. The number of hydrogen-bond donors (Lipinski definition) is 1. The Bertz CT molecular complexity index is 795. The smallest absolute Gasteiger partial charge is 0.339 e. The van der Waals surface area contributed by atoms with Crippen molar-refractivity contribution in [2.24, 2.45) is 0 Å². The highest BCUT2D eigenvalue weighted by Crippen LogP contribution is 2.22. The van der Waals surface area contributed by atoms with Crippen LogP contribution in [-0.2, 0) is 4.74 Å². The van der Waals surface area contributed by atoms with E-state index >= 15 is 0 Å². The van der Waals surface area contributed by atoms with E-state index in [0.717, 1.165) is 0 Å². The lowest BCUT2D eigenvalue weighted by molar-refractivity contribution is 0.0600. The molecule has 2 aromatic heterocycles. The highest BCUT2D eigenvalue weighted by Gasteiger charge is 2.12. The minimum absolute atomic E-state index is 0.142. The fourth-order valence-corrected chi connectivity index (χ4v) is 1.97. The first kappa shape index (κ1) is 12.2. The van der Waals surface area contributed by atoms with Crippen LogP contribution in [0.1, 0.15) is 10.4 Å². The molecule has 2 heterocycles. The number of ether oxygens (including phenoxy) is 1. The molecule has 0 bridgehead atoms. The SMILES string of the molecule is COC(=O)c1ccc2nnc(-c3cccc(O)c3)n2c1. The number of carbonyl (C=O) groups is 1. The molecular formula is C14H11N3O3. The molecular weight excluding hydrogens is 258 g/mol. The van der Waals surface area contributed by atoms with E-state index in [-0.39, 0.29) is 5.75 Å². The third-order valence-electron chi connectivity index (χ3n) is 2.93. The zero-order valence-electron chi connectivity index (χ0n) is 10.6. The molecule has 0 aliphatic heterocycles. The number of carbonyl (C=O) groups excluding carboxylic acids is 1. The van der Waals surface area contributed by atoms with E-state index in [2.05, 4.69) is 10.2 Å². The molecule has 6 heteroatoms. The van der Waals surface area contributed by atoms with Crippen LogP contribution in [0, 0.1) is 0 Å². The van der Waals surface area contributed by atoms with Gasteiger partial charge in [0.05, 0.1) is 12.7 Å². The Morgan fingerprint density at radius 2 is 2.10 bits per heavy atom. The number of phenols is 1. The normalized spacial score (nSPS) is 10.7. The van der Waals surface area contributed by atoms with Crippen LogP contribution in [0.4, 0.5) is 0 Å². The van der Waals surface area contributed by atoms with Crippen LogP contribution in [0.2, 0.25) is 0 Å². The van der Waals surface area contributed by atoms with E-state index in [1.807, 2.05) is 0 Å². The zero-order valence-corrected chi connectivity index (χ0v) is 10.6. The van der Waals surface area contributed by atoms with E-state index in [1.165, 1.54) is 7.11 Å². The number of fused-ring (bicyclic) bond motifs is 1. The first-order chi connectivity index (χ1) is 9.69. The number of esters is 1. The van der Waals surface area contributed by atoms with Crippen molar-refractivity contribution >= 4 is 11.6 Å². The molecule has 20 heavy (non-hydrogen) atoms. The lowest BCUT2D eigenvalue weighted by atomic mass is 10.2. The Balaban J connectivity index is 2.19. The Morgan fingerprint density at radius 1 is 1.25 bits per heavy atom. The van der Waals surface area contributed by atoms with Crippen molar-refractivity contribution in [3.63, 3.8) is 0 Å². The standard InChI is InChI=1S/C14H11N3O3/c1-20-14(19)10-5-6-12-15-16-13(17(12)8-10)9-3-2-4-11(18)7-9/h2-8,18H,1H3. The second-order valence-electron chi connectivity index (χ2n) is 4.21. The summed E-state index contributed by atoms with van der Waals surface area (Å²) in [5, 5.41) is 17.6. The quantitative estimate of drug-likeness (QED) is 0.719. The second kappa shape index (κ2) is 4.65. The summed E-state index contributed by atoms with van der Waals surface area (Å²) in [6, 6.07) is 10.00. The maximum Gasteiger partial charge on any atom is 0.339 e. The van der Waals surface area contributed by atoms with E-state index < -0.39 is 5.97 Å². The zero-order chi connectivity index (χ0) is 14.1. The molecule has 0 saturated heterocycles. The first-order valence-electron chi connectivity index (χ1n) is 5.91. The van der Waals surface area contributed by atoms with Gasteiger partial charge in [0.2, 0.25) is 0 Å². The minimum atomic E-state index is -0.428. The summed E-state index contributed by atoms with van der Waals surface area (Å²) in [4.78, 5) is 11.6. The van der Waals surface area contributed by atoms with E-state index in [4.69, 9.17) is 4.74 Å². The Hall–Kier alpha value is -2.89. The number of methoxy groups -OCH3 is 1. The van der Waals surface area contributed by atoms with Gasteiger partial charge in [-0.2, -0.15) is 0 Å². The predicted molar refractivity (Wildman–Crippen MR) is 71.4 cm³/mol. The Kier molecular flexibility index (Phi) is 2.83. The van der Waals surface area contributed by atoms with Gasteiger partial charge in [-0.3, -0.25) is 4.40 Å². The van der Waals surface area contributed by atoms with E-state index in [9.17, 15) is 9.90 Å². The summed E-state index contributed by atoms with van der Waals surface area (Å²) >= 11 is 0. The van der Waals surface area contributed by atoms with Gasteiger partial charge in [-0.15, -0.1) is 10.2 Å². The van der Waals surface area contributed by atoms with Gasteiger partial charge in [-0.25, -0.2) is 4.79 Å². The second-order valence-corrected chi connectivity index (χ2v) is 4.21. The number of hydrogen-bond acceptors (Lipinski definition) is 5. The molecule has 0 atom stereocenters. The molecule has 1 N–H and O–H groups in total. The summed E-state index contributed by atoms with van der Waals surface area (Å²) in [6.45, 7) is 0. The van der Waals surface area contributed by atoms with Crippen molar-refractivity contribution in [3.8, 4) is 17.1 Å². The Labute approximate surface area is 114 Å². The van der Waals surface area contributed by atoms with Crippen LogP contribution >= 0.6 is 0 Å². The van der Waals surface area contributed by atoms with Gasteiger partial charge in [0, 0.05) is 11.8 Å². The molecule has 6 nitrogen and oxygen atoms in total. The van der Waals surface area contributed by atoms with Gasteiger partial charge in [0.1, 0.15) is 5.75 Å². The summed E-state index contributed by atoms with van der Waals surface area (Å²) in [5.74, 6) is 0.257. The summed E-state index contributed by atoms with van der Waals surface area (Å²) < 4.78 is 6.37. The number of phenolic OH excluding ortho intramolecular Hbond substituents is 1. The third-order valence-corrected chi connectivity index (χ3v) is 2.93. The summed E-state index contributed by atoms with van der Waals surface area (Å²) in [6.07, 6.45) is 1.61. The average molecular weight is 269 g/mol. The van der Waals surface area contributed by atoms with Gasteiger partial charge in [-0.05, 0) is 24.3 Å². The van der Waals surface area contributed by atoms with Gasteiger partial charge in [-0.1, -0.05) is 12.1 Å². The number of rotatable bonds is 2. The lowest BCUT2D eigenvalue weighted by Gasteiger charge is -2.03. The van der Waals surface area contributed by atoms with Crippen molar-refractivity contribution in [2.75, 3.05) is 7.11 Å². The number of aromatic nitrogens is 3. The fourth-order valence-electron chi connectivity index (χ4n) is 1.97. The van der Waals surface area contributed by atoms with Gasteiger partial charge in [0.15, 0.2) is 11.5 Å². The van der Waals surface area contributed by atoms with Crippen molar-refractivity contribution in [1.29, 1.82) is 0 Å². The van der Waals surface area contributed by atoms with Crippen molar-refractivity contribution < 1.29 is 14.6 Å². The molecule has 0 spiro atoms. The fraction of sp³-hybridized carbons (Fsp3) is 0.0714. The molecule has 3 rings (SSSR count). The van der Waals surface area contributed by atoms with Crippen molar-refractivity contribution in [1.82, 2.24) is 14.6 Å². The molecule has 0 aliphatic carbocycles. The highest BCUT2D eigenvalue weighted by molar-refractivity contribution is 5.89. The highest BCUT2D eigenvalue weighted by atomic mass is 16.5. The molecule has 0 radical (unpaired) electrons. The van der Waals surface area contributed by atoms with Crippen LogP contribution in [0.15, 0.2) is 42.6 Å². The number of nitrogens with zero attached hydrogens (tertiary/aromatic N) is 3.